The van der Waals surface area contributed by atoms with E-state index in [9.17, 15) is 0 Å². The highest BCUT2D eigenvalue weighted by molar-refractivity contribution is 5.10. The SMILES string of the molecule is CCN(Cc1cccnc1)C1(CN)CCCC1. The van der Waals surface area contributed by atoms with Crippen molar-refractivity contribution in [3.8, 4) is 0 Å². The van der Waals surface area contributed by atoms with Crippen molar-refractivity contribution in [3.63, 3.8) is 0 Å². The van der Waals surface area contributed by atoms with Crippen LogP contribution in [0.3, 0.4) is 0 Å². The van der Waals surface area contributed by atoms with E-state index in [-0.39, 0.29) is 5.54 Å². The molecule has 0 unspecified atom stereocenters. The first-order chi connectivity index (χ1) is 8.30. The van der Waals surface area contributed by atoms with Gasteiger partial charge in [0, 0.05) is 31.0 Å². The van der Waals surface area contributed by atoms with Crippen molar-refractivity contribution in [1.82, 2.24) is 9.88 Å². The van der Waals surface area contributed by atoms with E-state index >= 15 is 0 Å². The van der Waals surface area contributed by atoms with Crippen LogP contribution in [0.2, 0.25) is 0 Å². The van der Waals surface area contributed by atoms with Gasteiger partial charge >= 0.3 is 0 Å². The Kier molecular flexibility index (Phi) is 4.13. The van der Waals surface area contributed by atoms with Gasteiger partial charge in [-0.1, -0.05) is 25.8 Å². The van der Waals surface area contributed by atoms with Crippen LogP contribution in [-0.4, -0.2) is 28.5 Å². The number of hydrogen-bond donors (Lipinski definition) is 1. The average Bonchev–Trinajstić information content (AvgIpc) is 2.87. The molecular formula is C14H23N3. The quantitative estimate of drug-likeness (QED) is 0.847. The molecule has 94 valence electrons. The van der Waals surface area contributed by atoms with Crippen LogP contribution in [0.5, 0.6) is 0 Å². The second-order valence-corrected chi connectivity index (χ2v) is 5.01. The van der Waals surface area contributed by atoms with E-state index in [0.717, 1.165) is 19.6 Å². The van der Waals surface area contributed by atoms with E-state index < -0.39 is 0 Å². The molecule has 1 saturated carbocycles. The third-order valence-electron chi connectivity index (χ3n) is 4.06. The molecule has 0 aromatic carbocycles. The molecule has 3 heteroatoms. The molecule has 1 aliphatic rings. The number of nitrogens with zero attached hydrogens (tertiary/aromatic N) is 2. The van der Waals surface area contributed by atoms with Crippen molar-refractivity contribution < 1.29 is 0 Å². The molecule has 1 aromatic rings. The predicted molar refractivity (Wildman–Crippen MR) is 70.6 cm³/mol. The Labute approximate surface area is 104 Å². The summed E-state index contributed by atoms with van der Waals surface area (Å²) >= 11 is 0. The Morgan fingerprint density at radius 2 is 2.18 bits per heavy atom. The van der Waals surface area contributed by atoms with Crippen molar-refractivity contribution >= 4 is 0 Å². The van der Waals surface area contributed by atoms with Gasteiger partial charge in [-0.05, 0) is 31.0 Å². The molecule has 2 rings (SSSR count). The molecule has 3 nitrogen and oxygen atoms in total. The van der Waals surface area contributed by atoms with E-state index in [1.54, 1.807) is 0 Å². The second kappa shape index (κ2) is 5.61. The van der Waals surface area contributed by atoms with Crippen LogP contribution in [0.1, 0.15) is 38.2 Å². The van der Waals surface area contributed by atoms with Crippen LogP contribution in [0.25, 0.3) is 0 Å². The largest absolute Gasteiger partial charge is 0.329 e. The fourth-order valence-electron chi connectivity index (χ4n) is 3.01. The van der Waals surface area contributed by atoms with Gasteiger partial charge in [-0.25, -0.2) is 0 Å². The van der Waals surface area contributed by atoms with Crippen molar-refractivity contribution in [3.05, 3.63) is 30.1 Å². The highest BCUT2D eigenvalue weighted by Crippen LogP contribution is 2.35. The first-order valence-corrected chi connectivity index (χ1v) is 6.65. The normalized spacial score (nSPS) is 18.8. The summed E-state index contributed by atoms with van der Waals surface area (Å²) in [6.45, 7) is 5.04. The van der Waals surface area contributed by atoms with Gasteiger partial charge in [0.2, 0.25) is 0 Å². The third-order valence-corrected chi connectivity index (χ3v) is 4.06. The lowest BCUT2D eigenvalue weighted by Crippen LogP contribution is -2.51. The minimum atomic E-state index is 0.241. The van der Waals surface area contributed by atoms with Crippen molar-refractivity contribution in [1.29, 1.82) is 0 Å². The molecular weight excluding hydrogens is 210 g/mol. The van der Waals surface area contributed by atoms with Gasteiger partial charge in [0.25, 0.3) is 0 Å². The highest BCUT2D eigenvalue weighted by atomic mass is 15.2. The summed E-state index contributed by atoms with van der Waals surface area (Å²) in [5.41, 5.74) is 7.57. The molecule has 1 aliphatic carbocycles. The minimum Gasteiger partial charge on any atom is -0.329 e. The van der Waals surface area contributed by atoms with E-state index in [1.807, 2.05) is 18.5 Å². The maximum atomic E-state index is 6.04. The first kappa shape index (κ1) is 12.5. The van der Waals surface area contributed by atoms with Gasteiger partial charge < -0.3 is 5.73 Å². The van der Waals surface area contributed by atoms with E-state index in [1.165, 1.54) is 31.2 Å². The van der Waals surface area contributed by atoms with Gasteiger partial charge in [0.1, 0.15) is 0 Å². The molecule has 1 fully saturated rings. The zero-order chi connectivity index (χ0) is 12.1. The van der Waals surface area contributed by atoms with Crippen LogP contribution < -0.4 is 5.73 Å². The van der Waals surface area contributed by atoms with Crippen LogP contribution in [-0.2, 0) is 6.54 Å². The van der Waals surface area contributed by atoms with Gasteiger partial charge in [-0.3, -0.25) is 9.88 Å². The Hall–Kier alpha value is -0.930. The zero-order valence-electron chi connectivity index (χ0n) is 10.7. The molecule has 2 N–H and O–H groups in total. The van der Waals surface area contributed by atoms with Gasteiger partial charge in [0.05, 0.1) is 0 Å². The Balaban J connectivity index is 2.10. The minimum absolute atomic E-state index is 0.241. The Morgan fingerprint density at radius 1 is 1.41 bits per heavy atom. The summed E-state index contributed by atoms with van der Waals surface area (Å²) in [4.78, 5) is 6.73. The Morgan fingerprint density at radius 3 is 2.71 bits per heavy atom. The van der Waals surface area contributed by atoms with E-state index in [4.69, 9.17) is 5.73 Å². The van der Waals surface area contributed by atoms with Crippen LogP contribution in [0.4, 0.5) is 0 Å². The molecule has 0 amide bonds. The number of nitrogens with two attached hydrogens (primary N) is 1. The summed E-state index contributed by atoms with van der Waals surface area (Å²) in [6.07, 6.45) is 8.92. The summed E-state index contributed by atoms with van der Waals surface area (Å²) in [6, 6.07) is 4.15. The van der Waals surface area contributed by atoms with Crippen LogP contribution >= 0.6 is 0 Å². The molecule has 0 saturated heterocycles. The molecule has 0 bridgehead atoms. The molecule has 0 atom stereocenters. The summed E-state index contributed by atoms with van der Waals surface area (Å²) in [5.74, 6) is 0. The number of aromatic nitrogens is 1. The fourth-order valence-corrected chi connectivity index (χ4v) is 3.01. The molecule has 1 aromatic heterocycles. The zero-order valence-corrected chi connectivity index (χ0v) is 10.7. The molecule has 0 radical (unpaired) electrons. The number of likely N-dealkylation sites (N-methyl/N-ethyl adjacent to an activating group) is 1. The maximum absolute atomic E-state index is 6.04. The maximum Gasteiger partial charge on any atom is 0.0335 e. The highest BCUT2D eigenvalue weighted by Gasteiger charge is 2.37. The lowest BCUT2D eigenvalue weighted by atomic mass is 9.94. The topological polar surface area (TPSA) is 42.2 Å². The van der Waals surface area contributed by atoms with Crippen molar-refractivity contribution in [2.45, 2.75) is 44.7 Å². The molecule has 17 heavy (non-hydrogen) atoms. The van der Waals surface area contributed by atoms with Crippen LogP contribution in [0, 0.1) is 0 Å². The number of pyridine rings is 1. The standard InChI is InChI=1S/C14H23N3/c1-2-17(11-13-6-5-9-16-10-13)14(12-15)7-3-4-8-14/h5-6,9-10H,2-4,7-8,11-12,15H2,1H3. The van der Waals surface area contributed by atoms with E-state index in [2.05, 4.69) is 22.9 Å². The van der Waals surface area contributed by atoms with Crippen molar-refractivity contribution in [2.24, 2.45) is 5.73 Å². The fraction of sp³-hybridized carbons (Fsp3) is 0.643. The summed E-state index contributed by atoms with van der Waals surface area (Å²) < 4.78 is 0. The third kappa shape index (κ3) is 2.67. The number of hydrogen-bond acceptors (Lipinski definition) is 3. The van der Waals surface area contributed by atoms with Gasteiger partial charge in [-0.15, -0.1) is 0 Å². The van der Waals surface area contributed by atoms with Gasteiger partial charge in [0.15, 0.2) is 0 Å². The molecule has 1 heterocycles. The average molecular weight is 233 g/mol. The van der Waals surface area contributed by atoms with E-state index in [0.29, 0.717) is 0 Å². The predicted octanol–water partition coefficient (Wildman–Crippen LogP) is 2.17. The van der Waals surface area contributed by atoms with Crippen molar-refractivity contribution in [2.75, 3.05) is 13.1 Å². The number of rotatable bonds is 5. The Bertz CT molecular complexity index is 331. The smallest absolute Gasteiger partial charge is 0.0335 e. The lowest BCUT2D eigenvalue weighted by molar-refractivity contribution is 0.0970. The van der Waals surface area contributed by atoms with Crippen LogP contribution in [0.15, 0.2) is 24.5 Å². The lowest BCUT2D eigenvalue weighted by Gasteiger charge is -2.40. The first-order valence-electron chi connectivity index (χ1n) is 6.65. The summed E-state index contributed by atoms with van der Waals surface area (Å²) in [5, 5.41) is 0. The molecule has 0 aliphatic heterocycles. The molecule has 0 spiro atoms. The second-order valence-electron chi connectivity index (χ2n) is 5.01. The summed E-state index contributed by atoms with van der Waals surface area (Å²) in [7, 11) is 0. The monoisotopic (exact) mass is 233 g/mol. The van der Waals surface area contributed by atoms with Gasteiger partial charge in [-0.2, -0.15) is 0 Å².